The molecule has 0 aliphatic heterocycles. The van der Waals surface area contributed by atoms with Gasteiger partial charge in [-0.3, -0.25) is 4.79 Å². The van der Waals surface area contributed by atoms with Crippen LogP contribution < -0.4 is 20.1 Å². The molecule has 184 valence electrons. The van der Waals surface area contributed by atoms with Crippen LogP contribution in [0.25, 0.3) is 0 Å². The van der Waals surface area contributed by atoms with Crippen molar-refractivity contribution >= 4 is 62.2 Å². The van der Waals surface area contributed by atoms with Gasteiger partial charge in [0.25, 0.3) is 0 Å². The zero-order valence-corrected chi connectivity index (χ0v) is 21.6. The number of carbonyl (C=O) groups excluding carboxylic acids is 1. The molecular weight excluding hydrogens is 529 g/mol. The Balaban J connectivity index is 1.41. The first-order chi connectivity index (χ1) is 16.7. The third-order valence-corrected chi connectivity index (χ3v) is 6.84. The second kappa shape index (κ2) is 12.9. The molecule has 0 spiro atoms. The third-order valence-electron chi connectivity index (χ3n) is 4.68. The molecule has 7 nitrogen and oxygen atoms in total. The van der Waals surface area contributed by atoms with E-state index in [0.717, 1.165) is 5.56 Å². The second-order valence-corrected chi connectivity index (χ2v) is 10.4. The van der Waals surface area contributed by atoms with Crippen LogP contribution in [0, 0.1) is 0 Å². The molecule has 1 amide bonds. The molecule has 0 unspecified atom stereocenters. The van der Waals surface area contributed by atoms with Crippen molar-refractivity contribution in [1.29, 1.82) is 0 Å². The number of thiocarbonyl (C=S) groups is 1. The Hall–Kier alpha value is -2.69. The van der Waals surface area contributed by atoms with E-state index in [9.17, 15) is 13.2 Å². The van der Waals surface area contributed by atoms with Crippen molar-refractivity contribution in [3.63, 3.8) is 0 Å². The van der Waals surface area contributed by atoms with Crippen molar-refractivity contribution < 1.29 is 17.9 Å². The lowest BCUT2D eigenvalue weighted by atomic mass is 10.2. The first-order valence-electron chi connectivity index (χ1n) is 10.6. The van der Waals surface area contributed by atoms with Gasteiger partial charge in [-0.1, -0.05) is 53.5 Å². The van der Waals surface area contributed by atoms with Gasteiger partial charge in [0.05, 0.1) is 16.5 Å². The molecule has 0 atom stereocenters. The maximum absolute atomic E-state index is 12.5. The maximum atomic E-state index is 12.5. The van der Waals surface area contributed by atoms with Crippen LogP contribution in [0.5, 0.6) is 5.75 Å². The molecule has 3 rings (SSSR count). The van der Waals surface area contributed by atoms with Gasteiger partial charge in [-0.15, -0.1) is 0 Å². The van der Waals surface area contributed by atoms with Crippen LogP contribution in [0.4, 0.5) is 5.69 Å². The molecule has 0 aliphatic rings. The SMILES string of the molecule is O=C(CCCOc1ccc(Cl)cc1Cl)NC(=S)Nc1ccc(S(=O)(=O)NCc2ccccc2)cc1. The number of sulfonamides is 1. The summed E-state index contributed by atoms with van der Waals surface area (Å²) >= 11 is 17.1. The van der Waals surface area contributed by atoms with E-state index >= 15 is 0 Å². The predicted molar refractivity (Wildman–Crippen MR) is 142 cm³/mol. The minimum absolute atomic E-state index is 0.106. The average Bonchev–Trinajstić information content (AvgIpc) is 2.82. The van der Waals surface area contributed by atoms with Gasteiger partial charge >= 0.3 is 0 Å². The normalized spacial score (nSPS) is 11.0. The van der Waals surface area contributed by atoms with Gasteiger partial charge in [-0.05, 0) is 66.7 Å². The minimum Gasteiger partial charge on any atom is -0.492 e. The molecule has 0 saturated heterocycles. The van der Waals surface area contributed by atoms with Crippen LogP contribution in [0.2, 0.25) is 10.0 Å². The standard InChI is InChI=1S/C24H23Cl2N3O4S2/c25-18-8-13-22(21(26)15-18)33-14-4-7-23(30)29-24(34)28-19-9-11-20(12-10-19)35(31,32)27-16-17-5-2-1-3-6-17/h1-3,5-6,8-13,15,27H,4,7,14,16H2,(H2,28,29,30,34). The second-order valence-electron chi connectivity index (χ2n) is 7.36. The Morgan fingerprint density at radius 3 is 2.37 bits per heavy atom. The molecule has 0 aromatic heterocycles. The molecule has 3 aromatic carbocycles. The van der Waals surface area contributed by atoms with E-state index in [1.54, 1.807) is 30.3 Å². The van der Waals surface area contributed by atoms with Crippen LogP contribution in [0.15, 0.2) is 77.7 Å². The van der Waals surface area contributed by atoms with Gasteiger partial charge in [0.15, 0.2) is 5.11 Å². The highest BCUT2D eigenvalue weighted by Crippen LogP contribution is 2.27. The number of halogens is 2. The minimum atomic E-state index is -3.67. The Labute approximate surface area is 219 Å². The molecule has 11 heteroatoms. The van der Waals surface area contributed by atoms with Gasteiger partial charge in [0.2, 0.25) is 15.9 Å². The molecule has 0 aliphatic carbocycles. The van der Waals surface area contributed by atoms with E-state index in [-0.39, 0.29) is 28.9 Å². The van der Waals surface area contributed by atoms with Gasteiger partial charge in [-0.2, -0.15) is 0 Å². The average molecular weight is 553 g/mol. The van der Waals surface area contributed by atoms with E-state index in [0.29, 0.717) is 34.5 Å². The number of ether oxygens (including phenoxy) is 1. The summed E-state index contributed by atoms with van der Waals surface area (Å²) in [7, 11) is -3.67. The summed E-state index contributed by atoms with van der Waals surface area (Å²) < 4.78 is 33.1. The Kier molecular flexibility index (Phi) is 9.88. The largest absolute Gasteiger partial charge is 0.492 e. The summed E-state index contributed by atoms with van der Waals surface area (Å²) in [5.74, 6) is 0.215. The fourth-order valence-corrected chi connectivity index (χ4v) is 4.65. The van der Waals surface area contributed by atoms with Gasteiger partial charge in [-0.25, -0.2) is 13.1 Å². The topological polar surface area (TPSA) is 96.5 Å². The summed E-state index contributed by atoms with van der Waals surface area (Å²) in [6, 6.07) is 20.2. The smallest absolute Gasteiger partial charge is 0.240 e. The van der Waals surface area contributed by atoms with E-state index in [4.69, 9.17) is 40.2 Å². The summed E-state index contributed by atoms with van der Waals surface area (Å²) in [5.41, 5.74) is 1.40. The van der Waals surface area contributed by atoms with Crippen molar-refractivity contribution in [1.82, 2.24) is 10.0 Å². The predicted octanol–water partition coefficient (Wildman–Crippen LogP) is 5.14. The highest BCUT2D eigenvalue weighted by molar-refractivity contribution is 7.89. The fraction of sp³-hybridized carbons (Fsp3) is 0.167. The first kappa shape index (κ1) is 26.9. The number of benzene rings is 3. The highest BCUT2D eigenvalue weighted by Gasteiger charge is 2.14. The van der Waals surface area contributed by atoms with Crippen LogP contribution in [0.3, 0.4) is 0 Å². The van der Waals surface area contributed by atoms with E-state index < -0.39 is 10.0 Å². The number of hydrogen-bond donors (Lipinski definition) is 3. The summed E-state index contributed by atoms with van der Waals surface area (Å²) in [4.78, 5) is 12.2. The number of amides is 1. The van der Waals surface area contributed by atoms with Crippen molar-refractivity contribution in [2.45, 2.75) is 24.3 Å². The number of carbonyl (C=O) groups is 1. The van der Waals surface area contributed by atoms with Crippen molar-refractivity contribution in [2.75, 3.05) is 11.9 Å². The molecule has 3 aromatic rings. The van der Waals surface area contributed by atoms with E-state index in [1.807, 2.05) is 30.3 Å². The van der Waals surface area contributed by atoms with Gasteiger partial charge in [0, 0.05) is 23.7 Å². The summed E-state index contributed by atoms with van der Waals surface area (Å²) in [6.07, 6.45) is 0.646. The Morgan fingerprint density at radius 1 is 0.971 bits per heavy atom. The lowest BCUT2D eigenvalue weighted by Gasteiger charge is -2.11. The van der Waals surface area contributed by atoms with Crippen molar-refractivity contribution in [3.8, 4) is 5.75 Å². The van der Waals surface area contributed by atoms with Crippen molar-refractivity contribution in [2.24, 2.45) is 0 Å². The molecule has 0 radical (unpaired) electrons. The van der Waals surface area contributed by atoms with Crippen LogP contribution in [-0.4, -0.2) is 26.0 Å². The molecule has 35 heavy (non-hydrogen) atoms. The van der Waals surface area contributed by atoms with Crippen LogP contribution in [-0.2, 0) is 21.4 Å². The number of nitrogens with one attached hydrogen (secondary N) is 3. The number of rotatable bonds is 10. The van der Waals surface area contributed by atoms with Gasteiger partial charge in [0.1, 0.15) is 5.75 Å². The number of hydrogen-bond acceptors (Lipinski definition) is 5. The quantitative estimate of drug-likeness (QED) is 0.238. The maximum Gasteiger partial charge on any atom is 0.240 e. The van der Waals surface area contributed by atoms with Crippen LogP contribution in [0.1, 0.15) is 18.4 Å². The lowest BCUT2D eigenvalue weighted by Crippen LogP contribution is -2.34. The molecule has 3 N–H and O–H groups in total. The summed E-state index contributed by atoms with van der Waals surface area (Å²) in [5, 5.41) is 6.46. The Morgan fingerprint density at radius 2 is 1.69 bits per heavy atom. The monoisotopic (exact) mass is 551 g/mol. The Bertz CT molecular complexity index is 1270. The van der Waals surface area contributed by atoms with Crippen LogP contribution >= 0.6 is 35.4 Å². The van der Waals surface area contributed by atoms with Crippen molar-refractivity contribution in [3.05, 3.63) is 88.4 Å². The zero-order valence-electron chi connectivity index (χ0n) is 18.5. The lowest BCUT2D eigenvalue weighted by molar-refractivity contribution is -0.119. The molecule has 0 heterocycles. The molecule has 0 fully saturated rings. The zero-order chi connectivity index (χ0) is 25.3. The highest BCUT2D eigenvalue weighted by atomic mass is 35.5. The fourth-order valence-electron chi connectivity index (χ4n) is 2.93. The summed E-state index contributed by atoms with van der Waals surface area (Å²) in [6.45, 7) is 0.486. The number of anilines is 1. The van der Waals surface area contributed by atoms with E-state index in [2.05, 4.69) is 15.4 Å². The third kappa shape index (κ3) is 8.79. The molecular formula is C24H23Cl2N3O4S2. The molecule has 0 bridgehead atoms. The first-order valence-corrected chi connectivity index (χ1v) is 13.2. The van der Waals surface area contributed by atoms with E-state index in [1.165, 1.54) is 12.1 Å². The molecule has 0 saturated carbocycles. The van der Waals surface area contributed by atoms with Gasteiger partial charge < -0.3 is 15.4 Å².